The number of nitro benzene ring substituents is 1. The molecule has 21 heavy (non-hydrogen) atoms. The first-order chi connectivity index (χ1) is 10.1. The van der Waals surface area contributed by atoms with Gasteiger partial charge in [-0.05, 0) is 13.0 Å². The van der Waals surface area contributed by atoms with Gasteiger partial charge in [0, 0.05) is 18.7 Å². The third kappa shape index (κ3) is 3.22. The van der Waals surface area contributed by atoms with E-state index in [-0.39, 0.29) is 28.8 Å². The molecule has 2 N–H and O–H groups in total. The number of carbonyl (C=O) groups excluding carboxylic acids is 1. The fraction of sp³-hybridized carbons (Fsp3) is 0.462. The van der Waals surface area contributed by atoms with Gasteiger partial charge in [0.05, 0.1) is 25.2 Å². The van der Waals surface area contributed by atoms with E-state index >= 15 is 0 Å². The van der Waals surface area contributed by atoms with Crippen molar-refractivity contribution in [1.29, 1.82) is 0 Å². The summed E-state index contributed by atoms with van der Waals surface area (Å²) in [7, 11) is 2.79. The SMILES string of the molecule is COc1cc(C(=O)N[C@@H]2CCNC2)c([N+](=O)[O-])cc1OC. The van der Waals surface area contributed by atoms with E-state index < -0.39 is 10.8 Å². The van der Waals surface area contributed by atoms with E-state index in [1.807, 2.05) is 0 Å². The number of benzene rings is 1. The third-order valence-electron chi connectivity index (χ3n) is 3.34. The normalized spacial score (nSPS) is 17.3. The zero-order valence-electron chi connectivity index (χ0n) is 11.8. The van der Waals surface area contributed by atoms with Gasteiger partial charge in [-0.15, -0.1) is 0 Å². The Morgan fingerprint density at radius 2 is 2.05 bits per heavy atom. The fourth-order valence-electron chi connectivity index (χ4n) is 2.24. The zero-order valence-corrected chi connectivity index (χ0v) is 11.8. The van der Waals surface area contributed by atoms with Gasteiger partial charge in [0.15, 0.2) is 11.5 Å². The maximum absolute atomic E-state index is 12.3. The van der Waals surface area contributed by atoms with E-state index in [0.29, 0.717) is 6.54 Å². The number of ether oxygens (including phenoxy) is 2. The minimum atomic E-state index is -0.607. The molecule has 0 aliphatic carbocycles. The molecule has 0 spiro atoms. The lowest BCUT2D eigenvalue weighted by molar-refractivity contribution is -0.385. The van der Waals surface area contributed by atoms with E-state index in [1.165, 1.54) is 26.4 Å². The molecule has 1 aliphatic heterocycles. The van der Waals surface area contributed by atoms with Crippen molar-refractivity contribution in [3.8, 4) is 11.5 Å². The van der Waals surface area contributed by atoms with Gasteiger partial charge < -0.3 is 20.1 Å². The number of methoxy groups -OCH3 is 2. The molecule has 8 nitrogen and oxygen atoms in total. The lowest BCUT2D eigenvalue weighted by Gasteiger charge is -2.13. The Morgan fingerprint density at radius 3 is 2.57 bits per heavy atom. The van der Waals surface area contributed by atoms with Crippen LogP contribution in [0, 0.1) is 10.1 Å². The highest BCUT2D eigenvalue weighted by Gasteiger charge is 2.26. The number of rotatable bonds is 5. The number of nitrogens with zero attached hydrogens (tertiary/aromatic N) is 1. The van der Waals surface area contributed by atoms with Crippen LogP contribution in [-0.4, -0.2) is 44.2 Å². The standard InChI is InChI=1S/C13H17N3O5/c1-20-11-5-9(10(16(18)19)6-12(11)21-2)13(17)15-8-3-4-14-7-8/h5-6,8,14H,3-4,7H2,1-2H3,(H,15,17)/t8-/m1/s1. The van der Waals surface area contributed by atoms with Crippen molar-refractivity contribution in [2.24, 2.45) is 0 Å². The Kier molecular flexibility index (Phi) is 4.59. The maximum Gasteiger partial charge on any atom is 0.286 e. The molecular formula is C13H17N3O5. The van der Waals surface area contributed by atoms with Crippen LogP contribution >= 0.6 is 0 Å². The van der Waals surface area contributed by atoms with Crippen LogP contribution in [0.5, 0.6) is 11.5 Å². The monoisotopic (exact) mass is 295 g/mol. The van der Waals surface area contributed by atoms with E-state index in [1.54, 1.807) is 0 Å². The highest BCUT2D eigenvalue weighted by Crippen LogP contribution is 2.34. The molecule has 1 fully saturated rings. The van der Waals surface area contributed by atoms with Crippen molar-refractivity contribution in [1.82, 2.24) is 10.6 Å². The summed E-state index contributed by atoms with van der Waals surface area (Å²) in [6.45, 7) is 1.48. The molecule has 0 bridgehead atoms. The number of nitro groups is 1. The molecule has 1 aromatic rings. The van der Waals surface area contributed by atoms with Gasteiger partial charge in [-0.3, -0.25) is 14.9 Å². The second kappa shape index (κ2) is 6.40. The topological polar surface area (TPSA) is 103 Å². The Labute approximate surface area is 121 Å². The van der Waals surface area contributed by atoms with Crippen LogP contribution in [0.3, 0.4) is 0 Å². The molecule has 0 radical (unpaired) electrons. The summed E-state index contributed by atoms with van der Waals surface area (Å²) in [5, 5.41) is 17.0. The van der Waals surface area contributed by atoms with Crippen molar-refractivity contribution in [2.45, 2.75) is 12.5 Å². The van der Waals surface area contributed by atoms with E-state index in [4.69, 9.17) is 9.47 Å². The Hall–Kier alpha value is -2.35. The number of hydrogen-bond donors (Lipinski definition) is 2. The van der Waals surface area contributed by atoms with Gasteiger partial charge in [-0.2, -0.15) is 0 Å². The van der Waals surface area contributed by atoms with Crippen LogP contribution in [-0.2, 0) is 0 Å². The summed E-state index contributed by atoms with van der Waals surface area (Å²) < 4.78 is 10.1. The Bertz CT molecular complexity index is 555. The minimum absolute atomic E-state index is 0.0230. The fourth-order valence-corrected chi connectivity index (χ4v) is 2.24. The van der Waals surface area contributed by atoms with Crippen LogP contribution in [0.15, 0.2) is 12.1 Å². The van der Waals surface area contributed by atoms with Crippen molar-refractivity contribution in [3.63, 3.8) is 0 Å². The summed E-state index contributed by atoms with van der Waals surface area (Å²) in [6, 6.07) is 2.50. The van der Waals surface area contributed by atoms with Crippen LogP contribution < -0.4 is 20.1 Å². The molecule has 1 saturated heterocycles. The lowest BCUT2D eigenvalue weighted by Crippen LogP contribution is -2.36. The third-order valence-corrected chi connectivity index (χ3v) is 3.34. The van der Waals surface area contributed by atoms with Gasteiger partial charge in [-0.25, -0.2) is 0 Å². The summed E-state index contributed by atoms with van der Waals surface area (Å²) in [5.74, 6) is -0.00238. The molecule has 1 heterocycles. The molecule has 2 rings (SSSR count). The van der Waals surface area contributed by atoms with Gasteiger partial charge >= 0.3 is 0 Å². The minimum Gasteiger partial charge on any atom is -0.493 e. The zero-order chi connectivity index (χ0) is 15.4. The summed E-state index contributed by atoms with van der Waals surface area (Å²) >= 11 is 0. The molecule has 8 heteroatoms. The molecule has 0 saturated carbocycles. The van der Waals surface area contributed by atoms with Gasteiger partial charge in [0.1, 0.15) is 5.56 Å². The van der Waals surface area contributed by atoms with Crippen LogP contribution in [0.2, 0.25) is 0 Å². The van der Waals surface area contributed by atoms with E-state index in [2.05, 4.69) is 10.6 Å². The lowest BCUT2D eigenvalue weighted by atomic mass is 10.1. The van der Waals surface area contributed by atoms with Gasteiger partial charge in [-0.1, -0.05) is 0 Å². The van der Waals surface area contributed by atoms with E-state index in [0.717, 1.165) is 13.0 Å². The van der Waals surface area contributed by atoms with Gasteiger partial charge in [0.2, 0.25) is 0 Å². The predicted octanol–water partition coefficient (Wildman–Crippen LogP) is 0.704. The maximum atomic E-state index is 12.3. The first-order valence-electron chi connectivity index (χ1n) is 6.48. The molecule has 1 aromatic carbocycles. The van der Waals surface area contributed by atoms with Crippen molar-refractivity contribution >= 4 is 11.6 Å². The molecule has 0 aromatic heterocycles. The molecular weight excluding hydrogens is 278 g/mol. The highest BCUT2D eigenvalue weighted by molar-refractivity contribution is 5.99. The Morgan fingerprint density at radius 1 is 1.38 bits per heavy atom. The predicted molar refractivity (Wildman–Crippen MR) is 74.9 cm³/mol. The van der Waals surface area contributed by atoms with Gasteiger partial charge in [0.25, 0.3) is 11.6 Å². The number of amides is 1. The average Bonchev–Trinajstić information content (AvgIpc) is 2.98. The van der Waals surface area contributed by atoms with Crippen molar-refractivity contribution < 1.29 is 19.2 Å². The quantitative estimate of drug-likeness (QED) is 0.612. The van der Waals surface area contributed by atoms with Crippen LogP contribution in [0.4, 0.5) is 5.69 Å². The largest absolute Gasteiger partial charge is 0.493 e. The molecule has 0 unspecified atom stereocenters. The highest BCUT2D eigenvalue weighted by atomic mass is 16.6. The number of hydrogen-bond acceptors (Lipinski definition) is 6. The summed E-state index contributed by atoms with van der Waals surface area (Å²) in [5.41, 5.74) is -0.347. The molecule has 1 atom stereocenters. The first kappa shape index (κ1) is 15.0. The summed E-state index contributed by atoms with van der Waals surface area (Å²) in [6.07, 6.45) is 0.798. The van der Waals surface area contributed by atoms with Crippen molar-refractivity contribution in [2.75, 3.05) is 27.3 Å². The smallest absolute Gasteiger partial charge is 0.286 e. The second-order valence-electron chi connectivity index (χ2n) is 4.64. The molecule has 114 valence electrons. The summed E-state index contributed by atoms with van der Waals surface area (Å²) in [4.78, 5) is 22.8. The van der Waals surface area contributed by atoms with Crippen molar-refractivity contribution in [3.05, 3.63) is 27.8 Å². The molecule has 1 aliphatic rings. The van der Waals surface area contributed by atoms with E-state index in [9.17, 15) is 14.9 Å². The Balaban J connectivity index is 2.35. The first-order valence-corrected chi connectivity index (χ1v) is 6.48. The van der Waals surface area contributed by atoms with Crippen LogP contribution in [0.25, 0.3) is 0 Å². The van der Waals surface area contributed by atoms with Crippen LogP contribution in [0.1, 0.15) is 16.8 Å². The molecule has 1 amide bonds. The number of nitrogens with one attached hydrogen (secondary N) is 2. The second-order valence-corrected chi connectivity index (χ2v) is 4.64. The average molecular weight is 295 g/mol. The number of carbonyl (C=O) groups is 1.